The van der Waals surface area contributed by atoms with Crippen molar-refractivity contribution >= 4 is 58.8 Å². The molecule has 9 heteroatoms. The molecule has 0 unspecified atom stereocenters. The van der Waals surface area contributed by atoms with E-state index in [1.165, 1.54) is 0 Å². The number of carbonyl (C=O) groups excluding carboxylic acids is 1. The van der Waals surface area contributed by atoms with E-state index in [0.29, 0.717) is 66.9 Å². The van der Waals surface area contributed by atoms with Gasteiger partial charge in [0, 0.05) is 11.1 Å². The van der Waals surface area contributed by atoms with Gasteiger partial charge in [0.25, 0.3) is 5.91 Å². The summed E-state index contributed by atoms with van der Waals surface area (Å²) in [6.07, 6.45) is 1.40. The van der Waals surface area contributed by atoms with E-state index in [-0.39, 0.29) is 30.7 Å². The van der Waals surface area contributed by atoms with Crippen molar-refractivity contribution in [1.29, 1.82) is 0 Å². The lowest BCUT2D eigenvalue weighted by atomic mass is 10.0. The third-order valence-corrected chi connectivity index (χ3v) is 4.73. The van der Waals surface area contributed by atoms with Gasteiger partial charge in [-0.1, -0.05) is 35.9 Å². The van der Waals surface area contributed by atoms with Gasteiger partial charge < -0.3 is 26.3 Å². The summed E-state index contributed by atoms with van der Waals surface area (Å²) in [7, 11) is 0. The Hall–Kier alpha value is -2.22. The molecule has 174 valence electrons. The van der Waals surface area contributed by atoms with E-state index in [1.54, 1.807) is 18.2 Å². The van der Waals surface area contributed by atoms with Crippen LogP contribution in [0.1, 0.15) is 23.2 Å². The zero-order chi connectivity index (χ0) is 21.3. The molecule has 0 fully saturated rings. The molecule has 3 rings (SSSR count). The van der Waals surface area contributed by atoms with Crippen molar-refractivity contribution in [3.05, 3.63) is 65.2 Å². The number of hydrogen-bond donors (Lipinski definition) is 3. The quantitative estimate of drug-likeness (QED) is 0.339. The number of fused-ring (bicyclic) bond motifs is 1. The van der Waals surface area contributed by atoms with Crippen molar-refractivity contribution in [2.45, 2.75) is 12.8 Å². The molecule has 3 aromatic carbocycles. The molecule has 0 aromatic heterocycles. The predicted molar refractivity (Wildman–Crippen MR) is 136 cm³/mol. The van der Waals surface area contributed by atoms with Crippen LogP contribution >= 0.6 is 36.4 Å². The minimum absolute atomic E-state index is 0. The second-order valence-electron chi connectivity index (χ2n) is 6.77. The lowest BCUT2D eigenvalue weighted by Gasteiger charge is -2.15. The number of nitrogens with one attached hydrogen (secondary N) is 1. The molecule has 0 atom stereocenters. The maximum atomic E-state index is 13.2. The number of halogens is 3. The largest absolute Gasteiger partial charge is 0.493 e. The molecule has 1 amide bonds. The van der Waals surface area contributed by atoms with Gasteiger partial charge in [-0.3, -0.25) is 4.79 Å². The average Bonchev–Trinajstić information content (AvgIpc) is 2.75. The van der Waals surface area contributed by atoms with Crippen LogP contribution in [-0.2, 0) is 0 Å². The summed E-state index contributed by atoms with van der Waals surface area (Å²) in [5.41, 5.74) is 12.1. The molecular weight excluding hydrogens is 473 g/mol. The summed E-state index contributed by atoms with van der Waals surface area (Å²) in [5.74, 6) is 0.712. The molecule has 0 radical (unpaired) electrons. The van der Waals surface area contributed by atoms with Crippen LogP contribution in [0, 0.1) is 0 Å². The second kappa shape index (κ2) is 14.0. The van der Waals surface area contributed by atoms with E-state index < -0.39 is 0 Å². The highest BCUT2D eigenvalue weighted by atomic mass is 35.5. The SMILES string of the molecule is Cl.Cl.NCCCOc1cc(Cl)ccc1NC(=O)c1cc2ccccc2cc1OCCCN. The summed E-state index contributed by atoms with van der Waals surface area (Å²) in [6.45, 7) is 1.90. The monoisotopic (exact) mass is 499 g/mol. The highest BCUT2D eigenvalue weighted by Crippen LogP contribution is 2.31. The van der Waals surface area contributed by atoms with Crippen molar-refractivity contribution in [3.63, 3.8) is 0 Å². The molecule has 0 aliphatic rings. The average molecular weight is 501 g/mol. The fourth-order valence-corrected chi connectivity index (χ4v) is 3.12. The van der Waals surface area contributed by atoms with Crippen molar-refractivity contribution in [1.82, 2.24) is 0 Å². The standard InChI is InChI=1S/C23H26ClN3O3.2ClH/c24-18-7-8-20(22(15-18)30-12-4-10-26)27-23(28)19-13-16-5-1-2-6-17(16)14-21(19)29-11-3-9-25;;/h1-2,5-8,13-15H,3-4,9-12,25-26H2,(H,27,28);2*1H. The molecule has 5 N–H and O–H groups in total. The van der Waals surface area contributed by atoms with Crippen LogP contribution in [0.15, 0.2) is 54.6 Å². The zero-order valence-corrected chi connectivity index (χ0v) is 19.9. The molecule has 0 bridgehead atoms. The molecular formula is C23H28Cl3N3O3. The maximum absolute atomic E-state index is 13.2. The molecule has 0 aliphatic heterocycles. The van der Waals surface area contributed by atoms with Gasteiger partial charge in [0.05, 0.1) is 24.5 Å². The molecule has 32 heavy (non-hydrogen) atoms. The molecule has 0 aliphatic carbocycles. The van der Waals surface area contributed by atoms with E-state index in [9.17, 15) is 4.79 Å². The molecule has 0 heterocycles. The van der Waals surface area contributed by atoms with Gasteiger partial charge in [0.1, 0.15) is 11.5 Å². The van der Waals surface area contributed by atoms with Crippen LogP contribution in [0.4, 0.5) is 5.69 Å². The van der Waals surface area contributed by atoms with Crippen molar-refractivity contribution in [2.24, 2.45) is 11.5 Å². The molecule has 0 saturated heterocycles. The van der Waals surface area contributed by atoms with Crippen LogP contribution in [0.25, 0.3) is 10.8 Å². The van der Waals surface area contributed by atoms with Gasteiger partial charge in [-0.05, 0) is 61.0 Å². The highest BCUT2D eigenvalue weighted by Gasteiger charge is 2.17. The van der Waals surface area contributed by atoms with E-state index in [0.717, 1.165) is 10.8 Å². The van der Waals surface area contributed by atoms with Gasteiger partial charge in [-0.2, -0.15) is 0 Å². The fraction of sp³-hybridized carbons (Fsp3) is 0.261. The predicted octanol–water partition coefficient (Wildman–Crippen LogP) is 5.04. The van der Waals surface area contributed by atoms with Gasteiger partial charge in [0.2, 0.25) is 0 Å². The molecule has 6 nitrogen and oxygen atoms in total. The van der Waals surface area contributed by atoms with E-state index in [4.69, 9.17) is 32.5 Å². The van der Waals surface area contributed by atoms with Gasteiger partial charge in [0.15, 0.2) is 0 Å². The van der Waals surface area contributed by atoms with Gasteiger partial charge in [-0.15, -0.1) is 24.8 Å². The minimum Gasteiger partial charge on any atom is -0.493 e. The summed E-state index contributed by atoms with van der Waals surface area (Å²) < 4.78 is 11.6. The molecule has 0 saturated carbocycles. The lowest BCUT2D eigenvalue weighted by molar-refractivity contribution is 0.102. The smallest absolute Gasteiger partial charge is 0.259 e. The van der Waals surface area contributed by atoms with Crippen molar-refractivity contribution in [3.8, 4) is 11.5 Å². The van der Waals surface area contributed by atoms with Crippen LogP contribution in [0.2, 0.25) is 5.02 Å². The topological polar surface area (TPSA) is 99.6 Å². The van der Waals surface area contributed by atoms with E-state index in [1.807, 2.05) is 36.4 Å². The summed E-state index contributed by atoms with van der Waals surface area (Å²) in [5, 5.41) is 5.38. The first-order valence-corrected chi connectivity index (χ1v) is 10.3. The third kappa shape index (κ3) is 7.43. The fourth-order valence-electron chi connectivity index (χ4n) is 2.96. The zero-order valence-electron chi connectivity index (χ0n) is 17.5. The first kappa shape index (κ1) is 27.8. The number of anilines is 1. The Morgan fingerprint density at radius 1 is 0.844 bits per heavy atom. The van der Waals surface area contributed by atoms with Crippen molar-refractivity contribution in [2.75, 3.05) is 31.6 Å². The normalized spacial score (nSPS) is 10.1. The van der Waals surface area contributed by atoms with Crippen LogP contribution in [-0.4, -0.2) is 32.2 Å². The minimum atomic E-state index is -0.297. The summed E-state index contributed by atoms with van der Waals surface area (Å²) in [6, 6.07) is 16.6. The Morgan fingerprint density at radius 2 is 1.44 bits per heavy atom. The summed E-state index contributed by atoms with van der Waals surface area (Å²) >= 11 is 6.10. The number of nitrogens with two attached hydrogens (primary N) is 2. The summed E-state index contributed by atoms with van der Waals surface area (Å²) in [4.78, 5) is 13.2. The van der Waals surface area contributed by atoms with Gasteiger partial charge >= 0.3 is 0 Å². The number of amides is 1. The Morgan fingerprint density at radius 3 is 2.06 bits per heavy atom. The first-order chi connectivity index (χ1) is 14.6. The molecule has 0 spiro atoms. The van der Waals surface area contributed by atoms with Crippen LogP contribution < -0.4 is 26.3 Å². The number of rotatable bonds is 10. The number of hydrogen-bond acceptors (Lipinski definition) is 5. The second-order valence-corrected chi connectivity index (χ2v) is 7.21. The number of carbonyl (C=O) groups is 1. The Balaban J connectivity index is 0.00000256. The van der Waals surface area contributed by atoms with Crippen molar-refractivity contribution < 1.29 is 14.3 Å². The lowest BCUT2D eigenvalue weighted by Crippen LogP contribution is -2.16. The highest BCUT2D eigenvalue weighted by molar-refractivity contribution is 6.30. The maximum Gasteiger partial charge on any atom is 0.259 e. The Labute approximate surface area is 205 Å². The van der Waals surface area contributed by atoms with Crippen LogP contribution in [0.5, 0.6) is 11.5 Å². The van der Waals surface area contributed by atoms with E-state index in [2.05, 4.69) is 5.32 Å². The number of ether oxygens (including phenoxy) is 2. The van der Waals surface area contributed by atoms with E-state index >= 15 is 0 Å². The third-order valence-electron chi connectivity index (χ3n) is 4.50. The number of benzene rings is 3. The molecule has 3 aromatic rings. The Bertz CT molecular complexity index is 1020. The van der Waals surface area contributed by atoms with Gasteiger partial charge in [-0.25, -0.2) is 0 Å². The Kier molecular flexibility index (Phi) is 12.2. The van der Waals surface area contributed by atoms with Crippen LogP contribution in [0.3, 0.4) is 0 Å². The first-order valence-electron chi connectivity index (χ1n) is 9.92.